The van der Waals surface area contributed by atoms with Crippen LogP contribution in [0.3, 0.4) is 0 Å². The molecule has 0 atom stereocenters. The van der Waals surface area contributed by atoms with Crippen LogP contribution in [0.1, 0.15) is 30.0 Å². The highest BCUT2D eigenvalue weighted by atomic mass is 16.3. The van der Waals surface area contributed by atoms with Crippen molar-refractivity contribution in [3.63, 3.8) is 0 Å². The fourth-order valence-electron chi connectivity index (χ4n) is 4.18. The lowest BCUT2D eigenvalue weighted by Gasteiger charge is -2.31. The van der Waals surface area contributed by atoms with Crippen molar-refractivity contribution in [3.05, 3.63) is 72.6 Å². The van der Waals surface area contributed by atoms with Crippen molar-refractivity contribution in [2.75, 3.05) is 13.1 Å². The van der Waals surface area contributed by atoms with Gasteiger partial charge < -0.3 is 8.98 Å². The van der Waals surface area contributed by atoms with Crippen LogP contribution in [0.4, 0.5) is 0 Å². The highest BCUT2D eigenvalue weighted by Crippen LogP contribution is 2.33. The second kappa shape index (κ2) is 7.24. The Morgan fingerprint density at radius 3 is 2.68 bits per heavy atom. The summed E-state index contributed by atoms with van der Waals surface area (Å²) < 4.78 is 7.30. The average molecular weight is 372 g/mol. The van der Waals surface area contributed by atoms with E-state index in [0.29, 0.717) is 5.92 Å². The molecular weight excluding hydrogens is 348 g/mol. The summed E-state index contributed by atoms with van der Waals surface area (Å²) in [6.45, 7) is 3.13. The van der Waals surface area contributed by atoms with Gasteiger partial charge >= 0.3 is 0 Å². The Morgan fingerprint density at radius 1 is 1.11 bits per heavy atom. The smallest absolute Gasteiger partial charge is 0.115 e. The average Bonchev–Trinajstić information content (AvgIpc) is 3.39. The predicted molar refractivity (Wildman–Crippen MR) is 110 cm³/mol. The van der Waals surface area contributed by atoms with E-state index >= 15 is 0 Å². The molecule has 142 valence electrons. The molecule has 5 rings (SSSR count). The number of aromatic nitrogens is 3. The third kappa shape index (κ3) is 3.22. The van der Waals surface area contributed by atoms with Crippen molar-refractivity contribution in [2.45, 2.75) is 25.3 Å². The summed E-state index contributed by atoms with van der Waals surface area (Å²) in [5, 5.41) is 0. The third-order valence-electron chi connectivity index (χ3n) is 5.77. The number of piperidine rings is 1. The third-order valence-corrected chi connectivity index (χ3v) is 5.77. The Labute approximate surface area is 164 Å². The Morgan fingerprint density at radius 2 is 1.93 bits per heavy atom. The van der Waals surface area contributed by atoms with Crippen molar-refractivity contribution in [1.82, 2.24) is 19.4 Å². The largest absolute Gasteiger partial charge is 0.472 e. The van der Waals surface area contributed by atoms with Gasteiger partial charge in [-0.15, -0.1) is 0 Å². The summed E-state index contributed by atoms with van der Waals surface area (Å²) in [7, 11) is 2.06. The van der Waals surface area contributed by atoms with Gasteiger partial charge in [0, 0.05) is 36.3 Å². The first-order valence-electron chi connectivity index (χ1n) is 9.89. The second-order valence-corrected chi connectivity index (χ2v) is 7.67. The van der Waals surface area contributed by atoms with E-state index in [9.17, 15) is 0 Å². The van der Waals surface area contributed by atoms with Gasteiger partial charge in [0.1, 0.15) is 5.52 Å². The minimum absolute atomic E-state index is 0.488. The molecule has 1 aromatic carbocycles. The van der Waals surface area contributed by atoms with Crippen molar-refractivity contribution < 1.29 is 4.42 Å². The molecule has 4 heterocycles. The number of fused-ring (bicyclic) bond motifs is 1. The van der Waals surface area contributed by atoms with E-state index in [0.717, 1.165) is 54.8 Å². The van der Waals surface area contributed by atoms with Crippen LogP contribution >= 0.6 is 0 Å². The lowest BCUT2D eigenvalue weighted by atomic mass is 9.92. The predicted octanol–water partition coefficient (Wildman–Crippen LogP) is 4.61. The normalized spacial score (nSPS) is 16.0. The molecular formula is C23H24N4O. The number of furan rings is 1. The van der Waals surface area contributed by atoms with Crippen molar-refractivity contribution in [3.8, 4) is 11.3 Å². The standard InChI is InChI=1S/C23H24N4O/c1-26-16-24-23-21(26)13-20(25-22(23)19-5-3-2-4-6-19)18-7-10-27(11-8-18)14-17-9-12-28-15-17/h2-6,9,12-13,15-16,18H,7-8,10-11,14H2,1H3. The summed E-state index contributed by atoms with van der Waals surface area (Å²) >= 11 is 0. The minimum Gasteiger partial charge on any atom is -0.472 e. The van der Waals surface area contributed by atoms with Crippen LogP contribution in [0.2, 0.25) is 0 Å². The van der Waals surface area contributed by atoms with E-state index in [-0.39, 0.29) is 0 Å². The number of hydrogen-bond donors (Lipinski definition) is 0. The number of pyridine rings is 1. The molecule has 3 aromatic heterocycles. The number of imidazole rings is 1. The van der Waals surface area contributed by atoms with E-state index in [1.807, 2.05) is 18.7 Å². The lowest BCUT2D eigenvalue weighted by Crippen LogP contribution is -2.32. The maximum atomic E-state index is 5.20. The summed E-state index contributed by atoms with van der Waals surface area (Å²) in [6, 6.07) is 14.7. The van der Waals surface area contributed by atoms with E-state index < -0.39 is 0 Å². The number of hydrogen-bond acceptors (Lipinski definition) is 4. The number of likely N-dealkylation sites (tertiary alicyclic amines) is 1. The molecule has 0 N–H and O–H groups in total. The van der Waals surface area contributed by atoms with Crippen LogP contribution in [-0.2, 0) is 13.6 Å². The minimum atomic E-state index is 0.488. The Bertz CT molecular complexity index is 1060. The highest BCUT2D eigenvalue weighted by Gasteiger charge is 2.24. The summed E-state index contributed by atoms with van der Waals surface area (Å²) in [5.74, 6) is 0.488. The Kier molecular flexibility index (Phi) is 4.45. The fraction of sp³-hybridized carbons (Fsp3) is 0.304. The van der Waals surface area contributed by atoms with Crippen LogP contribution in [0.15, 0.2) is 65.7 Å². The molecule has 1 aliphatic rings. The van der Waals surface area contributed by atoms with Gasteiger partial charge in [0.2, 0.25) is 0 Å². The van der Waals surface area contributed by atoms with Crippen LogP contribution in [0.25, 0.3) is 22.3 Å². The van der Waals surface area contributed by atoms with E-state index in [4.69, 9.17) is 9.40 Å². The van der Waals surface area contributed by atoms with Gasteiger partial charge in [-0.05, 0) is 38.1 Å². The molecule has 0 saturated carbocycles. The van der Waals surface area contributed by atoms with Gasteiger partial charge in [0.25, 0.3) is 0 Å². The molecule has 0 unspecified atom stereocenters. The van der Waals surface area contributed by atoms with Crippen molar-refractivity contribution in [2.24, 2.45) is 7.05 Å². The maximum absolute atomic E-state index is 5.20. The molecule has 1 aliphatic heterocycles. The molecule has 5 heteroatoms. The molecule has 1 saturated heterocycles. The fourth-order valence-corrected chi connectivity index (χ4v) is 4.18. The highest BCUT2D eigenvalue weighted by molar-refractivity contribution is 5.90. The van der Waals surface area contributed by atoms with Gasteiger partial charge in [-0.3, -0.25) is 9.88 Å². The monoisotopic (exact) mass is 372 g/mol. The molecule has 1 fully saturated rings. The quantitative estimate of drug-likeness (QED) is 0.525. The van der Waals surface area contributed by atoms with Gasteiger partial charge in [-0.25, -0.2) is 4.98 Å². The van der Waals surface area contributed by atoms with Crippen molar-refractivity contribution >= 4 is 11.0 Å². The second-order valence-electron chi connectivity index (χ2n) is 7.67. The van der Waals surface area contributed by atoms with E-state index in [1.54, 1.807) is 6.26 Å². The van der Waals surface area contributed by atoms with Gasteiger partial charge in [-0.1, -0.05) is 30.3 Å². The zero-order valence-electron chi connectivity index (χ0n) is 16.1. The van der Waals surface area contributed by atoms with Crippen molar-refractivity contribution in [1.29, 1.82) is 0 Å². The SMILES string of the molecule is Cn1cnc2c(-c3ccccc3)nc(C3CCN(Cc4ccoc4)CC3)cc21. The van der Waals surface area contributed by atoms with Crippen LogP contribution < -0.4 is 0 Å². The van der Waals surface area contributed by atoms with Crippen LogP contribution in [0.5, 0.6) is 0 Å². The number of aryl methyl sites for hydroxylation is 1. The summed E-state index contributed by atoms with van der Waals surface area (Å²) in [4.78, 5) is 12.2. The Hall–Kier alpha value is -2.92. The first-order valence-corrected chi connectivity index (χ1v) is 9.89. The van der Waals surface area contributed by atoms with E-state index in [2.05, 4.69) is 57.9 Å². The van der Waals surface area contributed by atoms with Crippen LogP contribution in [0, 0.1) is 0 Å². The topological polar surface area (TPSA) is 47.1 Å². The molecule has 0 radical (unpaired) electrons. The Balaban J connectivity index is 1.43. The molecule has 5 nitrogen and oxygen atoms in total. The van der Waals surface area contributed by atoms with Crippen LogP contribution in [-0.4, -0.2) is 32.5 Å². The van der Waals surface area contributed by atoms with Gasteiger partial charge in [0.15, 0.2) is 0 Å². The zero-order valence-corrected chi connectivity index (χ0v) is 16.1. The molecule has 28 heavy (non-hydrogen) atoms. The molecule has 0 aliphatic carbocycles. The lowest BCUT2D eigenvalue weighted by molar-refractivity contribution is 0.203. The number of nitrogens with zero attached hydrogens (tertiary/aromatic N) is 4. The molecule has 0 spiro atoms. The molecule has 0 amide bonds. The molecule has 4 aromatic rings. The zero-order chi connectivity index (χ0) is 18.9. The maximum Gasteiger partial charge on any atom is 0.115 e. The first kappa shape index (κ1) is 17.2. The first-order chi connectivity index (χ1) is 13.8. The summed E-state index contributed by atoms with van der Waals surface area (Å²) in [5.41, 5.74) is 6.71. The number of benzene rings is 1. The van der Waals surface area contributed by atoms with Gasteiger partial charge in [-0.2, -0.15) is 0 Å². The van der Waals surface area contributed by atoms with E-state index in [1.165, 1.54) is 11.3 Å². The van der Waals surface area contributed by atoms with Gasteiger partial charge in [0.05, 0.1) is 30.1 Å². The summed E-state index contributed by atoms with van der Waals surface area (Å²) in [6.07, 6.45) is 7.73. The number of rotatable bonds is 4. The molecule has 0 bridgehead atoms.